The molecular weight excluding hydrogens is 306 g/mol. The quantitative estimate of drug-likeness (QED) is 0.773. The second-order valence-corrected chi connectivity index (χ2v) is 4.76. The number of carbonyl (C=O) groups excluding carboxylic acids is 1. The van der Waals surface area contributed by atoms with Crippen molar-refractivity contribution in [3.8, 4) is 11.8 Å². The Hall–Kier alpha value is -2.93. The number of benzene rings is 1. The van der Waals surface area contributed by atoms with Crippen LogP contribution >= 0.6 is 11.6 Å². The highest BCUT2D eigenvalue weighted by atomic mass is 35.5. The minimum atomic E-state index is -0.401. The number of nitrogens with zero attached hydrogens (tertiary/aromatic N) is 4. The van der Waals surface area contributed by atoms with Crippen LogP contribution in [0.2, 0.25) is 5.02 Å². The number of hydrogen-bond acceptors (Lipinski definition) is 5. The van der Waals surface area contributed by atoms with E-state index in [4.69, 9.17) is 11.6 Å². The van der Waals surface area contributed by atoms with Gasteiger partial charge < -0.3 is 10.4 Å². The molecule has 110 valence electrons. The van der Waals surface area contributed by atoms with E-state index in [0.29, 0.717) is 10.6 Å². The number of nitrogens with one attached hydrogen (secondary N) is 1. The fourth-order valence-corrected chi connectivity index (χ4v) is 1.87. The number of rotatable bonds is 3. The summed E-state index contributed by atoms with van der Waals surface area (Å²) in [6.07, 6.45) is 4.52. The van der Waals surface area contributed by atoms with E-state index in [1.807, 2.05) is 0 Å². The van der Waals surface area contributed by atoms with Crippen molar-refractivity contribution < 1.29 is 9.90 Å². The Labute approximate surface area is 130 Å². The molecule has 0 saturated heterocycles. The molecule has 7 nitrogen and oxygen atoms in total. The maximum Gasteiger partial charge on any atom is 0.255 e. The van der Waals surface area contributed by atoms with Crippen LogP contribution in [-0.2, 0) is 0 Å². The zero-order valence-corrected chi connectivity index (χ0v) is 11.9. The lowest BCUT2D eigenvalue weighted by Crippen LogP contribution is -2.13. The van der Waals surface area contributed by atoms with Gasteiger partial charge in [0, 0.05) is 23.0 Å². The molecule has 1 amide bonds. The standard InChI is InChI=1S/C14H10ClN5O2/c15-10-4-2-9(3-5-10)12(21)18-11-8-16-14(19-13(11)22)20-7-1-6-17-20/h1-8H,(H,18,21)(H,16,19,22). The zero-order valence-electron chi connectivity index (χ0n) is 11.1. The van der Waals surface area contributed by atoms with Gasteiger partial charge in [-0.05, 0) is 30.3 Å². The van der Waals surface area contributed by atoms with Crippen LogP contribution in [0.15, 0.2) is 48.9 Å². The first-order chi connectivity index (χ1) is 10.6. The van der Waals surface area contributed by atoms with E-state index in [0.717, 1.165) is 0 Å². The Morgan fingerprint density at radius 1 is 1.27 bits per heavy atom. The molecule has 1 aromatic carbocycles. The summed E-state index contributed by atoms with van der Waals surface area (Å²) >= 11 is 5.77. The van der Waals surface area contributed by atoms with E-state index in [2.05, 4.69) is 20.4 Å². The van der Waals surface area contributed by atoms with Gasteiger partial charge in [0.25, 0.3) is 11.9 Å². The summed E-state index contributed by atoms with van der Waals surface area (Å²) in [6, 6.07) is 8.07. The highest BCUT2D eigenvalue weighted by Crippen LogP contribution is 2.21. The topological polar surface area (TPSA) is 92.9 Å². The Bertz CT molecular complexity index is 803. The maximum absolute atomic E-state index is 12.1. The van der Waals surface area contributed by atoms with Crippen LogP contribution in [0.4, 0.5) is 5.69 Å². The lowest BCUT2D eigenvalue weighted by atomic mass is 10.2. The molecular formula is C14H10ClN5O2. The van der Waals surface area contributed by atoms with Gasteiger partial charge in [0.1, 0.15) is 5.69 Å². The summed E-state index contributed by atoms with van der Waals surface area (Å²) in [6.45, 7) is 0. The molecule has 2 aromatic heterocycles. The van der Waals surface area contributed by atoms with Crippen molar-refractivity contribution in [2.75, 3.05) is 5.32 Å². The third kappa shape index (κ3) is 2.89. The normalized spacial score (nSPS) is 10.4. The molecule has 22 heavy (non-hydrogen) atoms. The highest BCUT2D eigenvalue weighted by molar-refractivity contribution is 6.30. The molecule has 0 atom stereocenters. The first-order valence-corrected chi connectivity index (χ1v) is 6.64. The molecule has 0 aliphatic carbocycles. The second-order valence-electron chi connectivity index (χ2n) is 4.32. The molecule has 0 bridgehead atoms. The van der Waals surface area contributed by atoms with Gasteiger partial charge in [-0.25, -0.2) is 9.67 Å². The maximum atomic E-state index is 12.1. The molecule has 3 aromatic rings. The van der Waals surface area contributed by atoms with Gasteiger partial charge >= 0.3 is 0 Å². The van der Waals surface area contributed by atoms with Crippen molar-refractivity contribution in [2.24, 2.45) is 0 Å². The number of aromatic nitrogens is 4. The van der Waals surface area contributed by atoms with Crippen LogP contribution in [0.5, 0.6) is 5.88 Å². The molecule has 0 radical (unpaired) electrons. The van der Waals surface area contributed by atoms with Crippen LogP contribution in [0.3, 0.4) is 0 Å². The van der Waals surface area contributed by atoms with Gasteiger partial charge in [-0.15, -0.1) is 0 Å². The lowest BCUT2D eigenvalue weighted by Gasteiger charge is -2.07. The summed E-state index contributed by atoms with van der Waals surface area (Å²) in [4.78, 5) is 20.0. The number of carbonyl (C=O) groups is 1. The van der Waals surface area contributed by atoms with Gasteiger partial charge in [-0.1, -0.05) is 11.6 Å². The molecule has 0 aliphatic heterocycles. The first-order valence-electron chi connectivity index (χ1n) is 6.26. The summed E-state index contributed by atoms with van der Waals surface area (Å²) in [5, 5.41) is 16.9. The summed E-state index contributed by atoms with van der Waals surface area (Å²) in [5.74, 6) is -0.544. The molecule has 0 unspecified atom stereocenters. The summed E-state index contributed by atoms with van der Waals surface area (Å²) in [7, 11) is 0. The summed E-state index contributed by atoms with van der Waals surface area (Å²) in [5.41, 5.74) is 0.510. The third-order valence-electron chi connectivity index (χ3n) is 2.82. The first kappa shape index (κ1) is 14.0. The predicted octanol–water partition coefficient (Wildman–Crippen LogP) is 2.27. The van der Waals surface area contributed by atoms with Crippen LogP contribution in [0, 0.1) is 0 Å². The molecule has 2 heterocycles. The summed E-state index contributed by atoms with van der Waals surface area (Å²) < 4.78 is 1.39. The average molecular weight is 316 g/mol. The Kier molecular flexibility index (Phi) is 3.71. The van der Waals surface area contributed by atoms with Crippen molar-refractivity contribution in [3.63, 3.8) is 0 Å². The zero-order chi connectivity index (χ0) is 15.5. The van der Waals surface area contributed by atoms with Gasteiger partial charge in [-0.3, -0.25) is 4.79 Å². The fraction of sp³-hybridized carbons (Fsp3) is 0. The monoisotopic (exact) mass is 315 g/mol. The smallest absolute Gasteiger partial charge is 0.255 e. The molecule has 2 N–H and O–H groups in total. The van der Waals surface area contributed by atoms with Crippen molar-refractivity contribution >= 4 is 23.2 Å². The highest BCUT2D eigenvalue weighted by Gasteiger charge is 2.12. The van der Waals surface area contributed by atoms with E-state index in [-0.39, 0.29) is 17.5 Å². The molecule has 8 heteroatoms. The Balaban J connectivity index is 1.81. The van der Waals surface area contributed by atoms with E-state index in [1.165, 1.54) is 10.9 Å². The SMILES string of the molecule is O=C(Nc1cnc(-n2cccn2)nc1O)c1ccc(Cl)cc1. The van der Waals surface area contributed by atoms with Gasteiger partial charge in [0.15, 0.2) is 0 Å². The van der Waals surface area contributed by atoms with Gasteiger partial charge in [-0.2, -0.15) is 10.1 Å². The van der Waals surface area contributed by atoms with Crippen molar-refractivity contribution in [2.45, 2.75) is 0 Å². The van der Waals surface area contributed by atoms with Crippen LogP contribution in [-0.4, -0.2) is 30.8 Å². The number of hydrogen-bond donors (Lipinski definition) is 2. The molecule has 3 rings (SSSR count). The Morgan fingerprint density at radius 2 is 2.05 bits per heavy atom. The second kappa shape index (κ2) is 5.82. The Morgan fingerprint density at radius 3 is 2.68 bits per heavy atom. The van der Waals surface area contributed by atoms with Crippen LogP contribution in [0.1, 0.15) is 10.4 Å². The number of halogens is 1. The number of amides is 1. The minimum Gasteiger partial charge on any atom is -0.492 e. The van der Waals surface area contributed by atoms with Gasteiger partial charge in [0.2, 0.25) is 5.88 Å². The molecule has 0 spiro atoms. The molecule has 0 aliphatic rings. The number of aromatic hydroxyl groups is 1. The largest absolute Gasteiger partial charge is 0.492 e. The van der Waals surface area contributed by atoms with E-state index >= 15 is 0 Å². The van der Waals surface area contributed by atoms with Crippen molar-refractivity contribution in [1.29, 1.82) is 0 Å². The van der Waals surface area contributed by atoms with E-state index in [9.17, 15) is 9.90 Å². The van der Waals surface area contributed by atoms with E-state index < -0.39 is 5.91 Å². The molecule has 0 saturated carbocycles. The predicted molar refractivity (Wildman–Crippen MR) is 80.2 cm³/mol. The van der Waals surface area contributed by atoms with E-state index in [1.54, 1.807) is 42.7 Å². The van der Waals surface area contributed by atoms with Crippen molar-refractivity contribution in [1.82, 2.24) is 19.7 Å². The van der Waals surface area contributed by atoms with Crippen molar-refractivity contribution in [3.05, 3.63) is 59.5 Å². The minimum absolute atomic E-state index is 0.107. The number of anilines is 1. The third-order valence-corrected chi connectivity index (χ3v) is 3.07. The average Bonchev–Trinajstić information content (AvgIpc) is 3.04. The lowest BCUT2D eigenvalue weighted by molar-refractivity contribution is 0.102. The van der Waals surface area contributed by atoms with Crippen LogP contribution in [0.25, 0.3) is 5.95 Å². The van der Waals surface area contributed by atoms with Gasteiger partial charge in [0.05, 0.1) is 6.20 Å². The van der Waals surface area contributed by atoms with Crippen LogP contribution < -0.4 is 5.32 Å². The fourth-order valence-electron chi connectivity index (χ4n) is 1.75. The molecule has 0 fully saturated rings.